The minimum atomic E-state index is 0.0735. The number of hydrogen-bond acceptors (Lipinski definition) is 6. The lowest BCUT2D eigenvalue weighted by Gasteiger charge is -2.39. The first kappa shape index (κ1) is 26.2. The van der Waals surface area contributed by atoms with E-state index in [1.807, 2.05) is 22.7 Å². The van der Waals surface area contributed by atoms with Gasteiger partial charge in [-0.15, -0.1) is 0 Å². The quantitative estimate of drug-likeness (QED) is 0.587. The summed E-state index contributed by atoms with van der Waals surface area (Å²) in [7, 11) is 0. The highest BCUT2D eigenvalue weighted by Crippen LogP contribution is 2.32. The van der Waals surface area contributed by atoms with Crippen LogP contribution in [-0.4, -0.2) is 73.0 Å². The molecule has 0 bridgehead atoms. The molecule has 3 fully saturated rings. The Morgan fingerprint density at radius 2 is 1.82 bits per heavy atom. The number of carbonyl (C=O) groups excluding carboxylic acids is 1. The van der Waals surface area contributed by atoms with E-state index in [1.165, 1.54) is 5.56 Å². The Labute approximate surface area is 225 Å². The fourth-order valence-electron chi connectivity index (χ4n) is 5.98. The maximum atomic E-state index is 13.1. The summed E-state index contributed by atoms with van der Waals surface area (Å²) in [5, 5.41) is 16.8. The minimum absolute atomic E-state index is 0.0735. The van der Waals surface area contributed by atoms with Crippen molar-refractivity contribution in [2.45, 2.75) is 38.7 Å². The van der Waals surface area contributed by atoms with Gasteiger partial charge in [-0.05, 0) is 49.8 Å². The van der Waals surface area contributed by atoms with Crippen LogP contribution in [-0.2, 0) is 9.53 Å². The SMILES string of the molecule is C=Nn1cc(-c2ccc(C3CNCCO3)cc2)cc1/C(=C\C)N1CCN(C(=O)[C@H]2CC[C@H](C#N)CC2)CC1. The molecular formula is C30H38N6O2. The fourth-order valence-corrected chi connectivity index (χ4v) is 5.98. The van der Waals surface area contributed by atoms with Crippen molar-refractivity contribution in [3.8, 4) is 17.2 Å². The number of aromatic nitrogens is 1. The molecule has 8 heteroatoms. The van der Waals surface area contributed by atoms with Gasteiger partial charge < -0.3 is 19.9 Å². The molecule has 38 heavy (non-hydrogen) atoms. The van der Waals surface area contributed by atoms with Crippen molar-refractivity contribution in [3.63, 3.8) is 0 Å². The third kappa shape index (κ3) is 5.54. The smallest absolute Gasteiger partial charge is 0.225 e. The molecule has 200 valence electrons. The number of carbonyl (C=O) groups is 1. The average Bonchev–Trinajstić information content (AvgIpc) is 3.42. The van der Waals surface area contributed by atoms with E-state index in [0.29, 0.717) is 13.1 Å². The van der Waals surface area contributed by atoms with Gasteiger partial charge in [0.05, 0.1) is 30.2 Å². The van der Waals surface area contributed by atoms with Gasteiger partial charge >= 0.3 is 0 Å². The zero-order chi connectivity index (χ0) is 26.5. The molecule has 2 aliphatic heterocycles. The van der Waals surface area contributed by atoms with Gasteiger partial charge in [0.25, 0.3) is 0 Å². The molecule has 1 N–H and O–H groups in total. The molecule has 0 radical (unpaired) electrons. The van der Waals surface area contributed by atoms with Gasteiger partial charge in [-0.3, -0.25) is 4.79 Å². The zero-order valence-electron chi connectivity index (χ0n) is 22.3. The van der Waals surface area contributed by atoms with Gasteiger partial charge in [0.2, 0.25) is 5.91 Å². The summed E-state index contributed by atoms with van der Waals surface area (Å²) in [6, 6.07) is 13.1. The standard InChI is InChI=1S/C30H38N6O2/c1-3-27(34-13-15-35(16-14-34)30(37)25-6-4-22(19-31)5-7-25)28-18-26(21-36(28)32-2)23-8-10-24(11-9-23)29-20-33-12-17-38-29/h3,8-11,18,21-22,25,29,33H,2,4-7,12-17,20H2,1H3/b27-3+/t22-,25-,29?. The Morgan fingerprint density at radius 3 is 2.42 bits per heavy atom. The van der Waals surface area contributed by atoms with E-state index in [0.717, 1.165) is 81.0 Å². The number of allylic oxidation sites excluding steroid dienone is 1. The van der Waals surface area contributed by atoms with Crippen molar-refractivity contribution in [2.75, 3.05) is 45.9 Å². The number of nitrogens with zero attached hydrogens (tertiary/aromatic N) is 5. The number of piperazine rings is 1. The summed E-state index contributed by atoms with van der Waals surface area (Å²) in [4.78, 5) is 17.5. The van der Waals surface area contributed by atoms with Gasteiger partial charge in [0.1, 0.15) is 0 Å². The Kier molecular flexibility index (Phi) is 8.26. The lowest BCUT2D eigenvalue weighted by molar-refractivity contribution is -0.138. The molecule has 1 unspecified atom stereocenters. The molecule has 3 heterocycles. The van der Waals surface area contributed by atoms with Crippen LogP contribution in [0.25, 0.3) is 16.8 Å². The second kappa shape index (κ2) is 12.0. The molecule has 1 aromatic heterocycles. The molecular weight excluding hydrogens is 476 g/mol. The van der Waals surface area contributed by atoms with Crippen LogP contribution in [0.15, 0.2) is 47.7 Å². The molecule has 5 rings (SSSR count). The molecule has 1 atom stereocenters. The topological polar surface area (TPSA) is 85.9 Å². The summed E-state index contributed by atoms with van der Waals surface area (Å²) in [5.41, 5.74) is 5.49. The van der Waals surface area contributed by atoms with E-state index < -0.39 is 0 Å². The van der Waals surface area contributed by atoms with Crippen LogP contribution in [0.2, 0.25) is 0 Å². The van der Waals surface area contributed by atoms with Gasteiger partial charge in [-0.2, -0.15) is 10.4 Å². The number of amides is 1. The van der Waals surface area contributed by atoms with Crippen LogP contribution in [0, 0.1) is 23.2 Å². The van der Waals surface area contributed by atoms with Crippen molar-refractivity contribution < 1.29 is 9.53 Å². The monoisotopic (exact) mass is 514 g/mol. The predicted octanol–water partition coefficient (Wildman–Crippen LogP) is 4.11. The number of nitrogens with one attached hydrogen (secondary N) is 1. The van der Waals surface area contributed by atoms with Crippen molar-refractivity contribution >= 4 is 18.3 Å². The van der Waals surface area contributed by atoms with Crippen molar-refractivity contribution in [1.82, 2.24) is 19.8 Å². The van der Waals surface area contributed by atoms with Crippen molar-refractivity contribution in [1.29, 1.82) is 5.26 Å². The molecule has 3 aliphatic rings. The van der Waals surface area contributed by atoms with E-state index in [9.17, 15) is 4.79 Å². The number of morpholine rings is 1. The molecule has 1 amide bonds. The molecule has 2 aromatic rings. The van der Waals surface area contributed by atoms with Crippen LogP contribution >= 0.6 is 0 Å². The third-order valence-corrected chi connectivity index (χ3v) is 8.22. The van der Waals surface area contributed by atoms with E-state index >= 15 is 0 Å². The first-order valence-corrected chi connectivity index (χ1v) is 13.8. The molecule has 1 saturated carbocycles. The summed E-state index contributed by atoms with van der Waals surface area (Å²) in [6.45, 7) is 11.3. The maximum Gasteiger partial charge on any atom is 0.225 e. The Balaban J connectivity index is 1.24. The van der Waals surface area contributed by atoms with Gasteiger partial charge in [-0.25, -0.2) is 4.68 Å². The largest absolute Gasteiger partial charge is 0.371 e. The number of benzene rings is 1. The second-order valence-electron chi connectivity index (χ2n) is 10.4. The van der Waals surface area contributed by atoms with Crippen LogP contribution in [0.3, 0.4) is 0 Å². The van der Waals surface area contributed by atoms with Crippen LogP contribution in [0.1, 0.15) is 50.0 Å². The molecule has 2 saturated heterocycles. The molecule has 0 spiro atoms. The Hall–Kier alpha value is -3.41. The van der Waals surface area contributed by atoms with E-state index in [-0.39, 0.29) is 23.8 Å². The first-order chi connectivity index (χ1) is 18.6. The number of rotatable bonds is 6. The highest BCUT2D eigenvalue weighted by Gasteiger charge is 2.32. The maximum absolute atomic E-state index is 13.1. The van der Waals surface area contributed by atoms with Crippen molar-refractivity contribution in [3.05, 3.63) is 53.9 Å². The van der Waals surface area contributed by atoms with E-state index in [1.54, 1.807) is 0 Å². The summed E-state index contributed by atoms with van der Waals surface area (Å²) in [5.74, 6) is 0.456. The molecule has 1 aliphatic carbocycles. The lowest BCUT2D eigenvalue weighted by atomic mass is 9.82. The Bertz CT molecular complexity index is 1190. The molecule has 1 aromatic carbocycles. The summed E-state index contributed by atoms with van der Waals surface area (Å²) in [6.07, 6.45) is 7.61. The van der Waals surface area contributed by atoms with Crippen LogP contribution < -0.4 is 5.32 Å². The highest BCUT2D eigenvalue weighted by atomic mass is 16.5. The number of hydrogen-bond donors (Lipinski definition) is 1. The zero-order valence-corrected chi connectivity index (χ0v) is 22.3. The van der Waals surface area contributed by atoms with Gasteiger partial charge in [0.15, 0.2) is 0 Å². The average molecular weight is 515 g/mol. The van der Waals surface area contributed by atoms with Crippen LogP contribution in [0.4, 0.5) is 0 Å². The lowest BCUT2D eigenvalue weighted by Crippen LogP contribution is -2.50. The first-order valence-electron chi connectivity index (χ1n) is 13.8. The fraction of sp³-hybridized carbons (Fsp3) is 0.500. The number of nitriles is 1. The predicted molar refractivity (Wildman–Crippen MR) is 149 cm³/mol. The van der Waals surface area contributed by atoms with Crippen molar-refractivity contribution in [2.24, 2.45) is 16.9 Å². The summed E-state index contributed by atoms with van der Waals surface area (Å²) < 4.78 is 7.74. The molecule has 8 nitrogen and oxygen atoms in total. The Morgan fingerprint density at radius 1 is 1.11 bits per heavy atom. The second-order valence-corrected chi connectivity index (χ2v) is 10.4. The highest BCUT2D eigenvalue weighted by molar-refractivity contribution is 5.79. The third-order valence-electron chi connectivity index (χ3n) is 8.22. The van der Waals surface area contributed by atoms with Gasteiger partial charge in [0, 0.05) is 69.6 Å². The number of ether oxygens (including phenoxy) is 1. The van der Waals surface area contributed by atoms with E-state index in [4.69, 9.17) is 10.00 Å². The summed E-state index contributed by atoms with van der Waals surface area (Å²) >= 11 is 0. The minimum Gasteiger partial charge on any atom is -0.371 e. The van der Waals surface area contributed by atoms with Crippen LogP contribution in [0.5, 0.6) is 0 Å². The van der Waals surface area contributed by atoms with E-state index in [2.05, 4.69) is 64.5 Å². The van der Waals surface area contributed by atoms with Gasteiger partial charge in [-0.1, -0.05) is 30.3 Å². The normalized spacial score (nSPS) is 24.6.